The van der Waals surface area contributed by atoms with Crippen LogP contribution in [0.2, 0.25) is 0 Å². The third kappa shape index (κ3) is 2.76. The van der Waals surface area contributed by atoms with Gasteiger partial charge in [0, 0.05) is 6.20 Å². The second kappa shape index (κ2) is 3.96. The van der Waals surface area contributed by atoms with Crippen LogP contribution >= 0.6 is 0 Å². The number of rotatable bonds is 1. The van der Waals surface area contributed by atoms with E-state index in [0.29, 0.717) is 12.3 Å². The molecule has 1 unspecified atom stereocenters. The number of nitrogens with zero attached hydrogens (tertiary/aromatic N) is 1. The summed E-state index contributed by atoms with van der Waals surface area (Å²) in [6.45, 7) is 3.79. The minimum Gasteiger partial charge on any atom is -0.347 e. The van der Waals surface area contributed by atoms with Gasteiger partial charge in [-0.25, -0.2) is 0 Å². The Labute approximate surface area is 96.6 Å². The molecule has 1 aliphatic heterocycles. The summed E-state index contributed by atoms with van der Waals surface area (Å²) in [6, 6.07) is 2.31. The molecule has 1 atom stereocenters. The van der Waals surface area contributed by atoms with Gasteiger partial charge in [0.2, 0.25) is 0 Å². The van der Waals surface area contributed by atoms with Crippen molar-refractivity contribution in [2.24, 2.45) is 0 Å². The van der Waals surface area contributed by atoms with E-state index in [0.717, 1.165) is 12.3 Å². The number of pyridine rings is 1. The lowest BCUT2D eigenvalue weighted by molar-refractivity contribution is -0.140. The molecule has 6 heteroatoms. The summed E-state index contributed by atoms with van der Waals surface area (Å²) in [4.78, 5) is 3.77. The van der Waals surface area contributed by atoms with Gasteiger partial charge in [0.15, 0.2) is 5.79 Å². The molecule has 1 aromatic rings. The topological polar surface area (TPSA) is 31.4 Å². The SMILES string of the molecule is CC1(C)OCC(c2ccc(C(F)(F)F)cn2)O1. The first-order valence-electron chi connectivity index (χ1n) is 5.13. The van der Waals surface area contributed by atoms with Gasteiger partial charge in [-0.1, -0.05) is 0 Å². The summed E-state index contributed by atoms with van der Waals surface area (Å²) < 4.78 is 47.8. The summed E-state index contributed by atoms with van der Waals surface area (Å²) in [6.07, 6.45) is -3.96. The smallest absolute Gasteiger partial charge is 0.347 e. The van der Waals surface area contributed by atoms with Crippen LogP contribution in [0.1, 0.15) is 31.2 Å². The largest absolute Gasteiger partial charge is 0.417 e. The second-order valence-corrected chi connectivity index (χ2v) is 4.29. The normalized spacial score (nSPS) is 23.9. The molecule has 2 heterocycles. The molecular weight excluding hydrogens is 235 g/mol. The zero-order chi connectivity index (χ0) is 12.7. The van der Waals surface area contributed by atoms with E-state index in [1.807, 2.05) is 0 Å². The average molecular weight is 247 g/mol. The van der Waals surface area contributed by atoms with Crippen molar-refractivity contribution in [2.45, 2.75) is 31.9 Å². The second-order valence-electron chi connectivity index (χ2n) is 4.29. The molecule has 3 nitrogen and oxygen atoms in total. The number of alkyl halides is 3. The van der Waals surface area contributed by atoms with Crippen LogP contribution in [0.15, 0.2) is 18.3 Å². The zero-order valence-corrected chi connectivity index (χ0v) is 9.41. The molecule has 0 bridgehead atoms. The van der Waals surface area contributed by atoms with E-state index in [1.54, 1.807) is 13.8 Å². The fraction of sp³-hybridized carbons (Fsp3) is 0.545. The van der Waals surface area contributed by atoms with E-state index >= 15 is 0 Å². The van der Waals surface area contributed by atoms with Crippen molar-refractivity contribution >= 4 is 0 Å². The highest BCUT2D eigenvalue weighted by molar-refractivity contribution is 5.18. The van der Waals surface area contributed by atoms with Gasteiger partial charge in [-0.2, -0.15) is 13.2 Å². The summed E-state index contributed by atoms with van der Waals surface area (Å²) in [7, 11) is 0. The Balaban J connectivity index is 2.14. The Morgan fingerprint density at radius 3 is 2.47 bits per heavy atom. The van der Waals surface area contributed by atoms with Crippen LogP contribution in [-0.4, -0.2) is 17.4 Å². The average Bonchev–Trinajstić information content (AvgIpc) is 2.58. The van der Waals surface area contributed by atoms with Crippen molar-refractivity contribution in [3.05, 3.63) is 29.6 Å². The minimum atomic E-state index is -4.36. The van der Waals surface area contributed by atoms with Crippen LogP contribution in [0.4, 0.5) is 13.2 Å². The Morgan fingerprint density at radius 2 is 2.06 bits per heavy atom. The lowest BCUT2D eigenvalue weighted by atomic mass is 10.2. The van der Waals surface area contributed by atoms with E-state index < -0.39 is 23.6 Å². The summed E-state index contributed by atoms with van der Waals surface area (Å²) in [5.74, 6) is -0.713. The lowest BCUT2D eigenvalue weighted by Crippen LogP contribution is -2.19. The maximum absolute atomic E-state index is 12.3. The summed E-state index contributed by atoms with van der Waals surface area (Å²) in [5, 5.41) is 0. The van der Waals surface area contributed by atoms with Crippen molar-refractivity contribution in [3.8, 4) is 0 Å². The zero-order valence-electron chi connectivity index (χ0n) is 9.41. The van der Waals surface area contributed by atoms with Crippen LogP contribution in [0.5, 0.6) is 0 Å². The van der Waals surface area contributed by atoms with Crippen molar-refractivity contribution in [1.82, 2.24) is 4.98 Å². The van der Waals surface area contributed by atoms with Gasteiger partial charge in [-0.3, -0.25) is 4.98 Å². The van der Waals surface area contributed by atoms with Crippen molar-refractivity contribution in [3.63, 3.8) is 0 Å². The molecule has 1 saturated heterocycles. The number of ether oxygens (including phenoxy) is 2. The van der Waals surface area contributed by atoms with Crippen molar-refractivity contribution in [1.29, 1.82) is 0 Å². The van der Waals surface area contributed by atoms with E-state index in [-0.39, 0.29) is 0 Å². The van der Waals surface area contributed by atoms with E-state index in [9.17, 15) is 13.2 Å². The van der Waals surface area contributed by atoms with Gasteiger partial charge in [-0.05, 0) is 26.0 Å². The minimum absolute atomic E-state index is 0.297. The number of hydrogen-bond acceptors (Lipinski definition) is 3. The van der Waals surface area contributed by atoms with Gasteiger partial charge < -0.3 is 9.47 Å². The van der Waals surface area contributed by atoms with Gasteiger partial charge >= 0.3 is 6.18 Å². The molecule has 17 heavy (non-hydrogen) atoms. The van der Waals surface area contributed by atoms with Crippen LogP contribution in [0.3, 0.4) is 0 Å². The van der Waals surface area contributed by atoms with E-state index in [1.165, 1.54) is 6.07 Å². The number of aromatic nitrogens is 1. The first kappa shape index (κ1) is 12.3. The first-order chi connectivity index (χ1) is 7.78. The molecular formula is C11H12F3NO2. The van der Waals surface area contributed by atoms with Crippen molar-refractivity contribution < 1.29 is 22.6 Å². The molecule has 2 rings (SSSR count). The summed E-state index contributed by atoms with van der Waals surface area (Å²) >= 11 is 0. The van der Waals surface area contributed by atoms with E-state index in [2.05, 4.69) is 4.98 Å². The monoisotopic (exact) mass is 247 g/mol. The molecule has 1 fully saturated rings. The Bertz CT molecular complexity index is 400. The lowest BCUT2D eigenvalue weighted by Gasteiger charge is -2.17. The number of hydrogen-bond donors (Lipinski definition) is 0. The first-order valence-corrected chi connectivity index (χ1v) is 5.13. The standard InChI is InChI=1S/C11H12F3NO2/c1-10(2)16-6-9(17-10)8-4-3-7(5-15-8)11(12,13)14/h3-5,9H,6H2,1-2H3. The molecule has 0 spiro atoms. The molecule has 1 aromatic heterocycles. The molecule has 94 valence electrons. The molecule has 0 aromatic carbocycles. The fourth-order valence-corrected chi connectivity index (χ4v) is 1.60. The Morgan fingerprint density at radius 1 is 1.35 bits per heavy atom. The molecule has 0 saturated carbocycles. The highest BCUT2D eigenvalue weighted by atomic mass is 19.4. The highest BCUT2D eigenvalue weighted by Crippen LogP contribution is 2.33. The van der Waals surface area contributed by atoms with Crippen LogP contribution < -0.4 is 0 Å². The van der Waals surface area contributed by atoms with Crippen molar-refractivity contribution in [2.75, 3.05) is 6.61 Å². The van der Waals surface area contributed by atoms with Gasteiger partial charge in [0.25, 0.3) is 0 Å². The quantitative estimate of drug-likeness (QED) is 0.764. The van der Waals surface area contributed by atoms with Crippen LogP contribution in [-0.2, 0) is 15.7 Å². The number of halogens is 3. The molecule has 0 radical (unpaired) electrons. The molecule has 0 aliphatic carbocycles. The van der Waals surface area contributed by atoms with Gasteiger partial charge in [0.1, 0.15) is 6.10 Å². The maximum atomic E-state index is 12.3. The third-order valence-electron chi connectivity index (χ3n) is 2.45. The highest BCUT2D eigenvalue weighted by Gasteiger charge is 2.35. The molecule has 1 aliphatic rings. The fourth-order valence-electron chi connectivity index (χ4n) is 1.60. The predicted octanol–water partition coefficient (Wildman–Crippen LogP) is 2.92. The van der Waals surface area contributed by atoms with Crippen LogP contribution in [0.25, 0.3) is 0 Å². The maximum Gasteiger partial charge on any atom is 0.417 e. The Hall–Kier alpha value is -1.14. The summed E-state index contributed by atoms with van der Waals surface area (Å²) in [5.41, 5.74) is -0.317. The van der Waals surface area contributed by atoms with Gasteiger partial charge in [-0.15, -0.1) is 0 Å². The Kier molecular flexibility index (Phi) is 2.87. The van der Waals surface area contributed by atoms with Gasteiger partial charge in [0.05, 0.1) is 17.9 Å². The molecule has 0 amide bonds. The van der Waals surface area contributed by atoms with E-state index in [4.69, 9.17) is 9.47 Å². The predicted molar refractivity (Wildman–Crippen MR) is 53.1 cm³/mol. The van der Waals surface area contributed by atoms with Crippen LogP contribution in [0, 0.1) is 0 Å². The third-order valence-corrected chi connectivity index (χ3v) is 2.45. The molecule has 0 N–H and O–H groups in total.